The molecule has 0 amide bonds. The van der Waals surface area contributed by atoms with E-state index in [1.807, 2.05) is 0 Å². The molecule has 0 bridgehead atoms. The summed E-state index contributed by atoms with van der Waals surface area (Å²) in [5.41, 5.74) is -0.196. The monoisotopic (exact) mass is 174 g/mol. The third kappa shape index (κ3) is 1.48. The first-order valence-electron chi connectivity index (χ1n) is 3.25. The summed E-state index contributed by atoms with van der Waals surface area (Å²) in [6.07, 6.45) is 2.11. The van der Waals surface area contributed by atoms with Crippen LogP contribution in [0.5, 0.6) is 0 Å². The molecule has 0 N–H and O–H groups in total. The first-order valence-corrected chi connectivity index (χ1v) is 3.25. The van der Waals surface area contributed by atoms with Crippen molar-refractivity contribution < 1.29 is 64.3 Å². The van der Waals surface area contributed by atoms with Gasteiger partial charge in [-0.05, 0) is 12.8 Å². The Morgan fingerprint density at radius 2 is 1.70 bits per heavy atom. The summed E-state index contributed by atoms with van der Waals surface area (Å²) < 4.78 is 35.5. The van der Waals surface area contributed by atoms with Crippen LogP contribution in [0.3, 0.4) is 0 Å². The van der Waals surface area contributed by atoms with Gasteiger partial charge in [0.15, 0.2) is 0 Å². The third-order valence-corrected chi connectivity index (χ3v) is 2.60. The standard InChI is InChI=1S/C5H7BF3.K/c7-6(8,9)4-3-5(4)1-2-5;/h4H,1-3H2;/q-1;+1. The minimum Gasteiger partial charge on any atom is -0.449 e. The van der Waals surface area contributed by atoms with E-state index in [2.05, 4.69) is 0 Å². The Hall–Kier alpha value is 1.49. The molecule has 52 valence electrons. The molecule has 0 saturated heterocycles. The summed E-state index contributed by atoms with van der Waals surface area (Å²) in [5.74, 6) is -0.863. The molecule has 0 radical (unpaired) electrons. The van der Waals surface area contributed by atoms with Gasteiger partial charge in [0.05, 0.1) is 0 Å². The Morgan fingerprint density at radius 1 is 1.20 bits per heavy atom. The molecule has 0 heterocycles. The van der Waals surface area contributed by atoms with Crippen molar-refractivity contribution in [1.29, 1.82) is 0 Å². The second-order valence-electron chi connectivity index (χ2n) is 3.30. The van der Waals surface area contributed by atoms with Crippen LogP contribution in [0, 0.1) is 5.41 Å². The van der Waals surface area contributed by atoms with E-state index in [0.717, 1.165) is 12.8 Å². The van der Waals surface area contributed by atoms with Crippen LogP contribution in [0.15, 0.2) is 0 Å². The van der Waals surface area contributed by atoms with Crippen molar-refractivity contribution in [2.24, 2.45) is 5.41 Å². The fourth-order valence-electron chi connectivity index (χ4n) is 1.65. The van der Waals surface area contributed by atoms with E-state index in [1.54, 1.807) is 0 Å². The molecule has 10 heavy (non-hydrogen) atoms. The molecule has 2 fully saturated rings. The maximum absolute atomic E-state index is 11.8. The van der Waals surface area contributed by atoms with Crippen molar-refractivity contribution in [3.05, 3.63) is 0 Å². The summed E-state index contributed by atoms with van der Waals surface area (Å²) >= 11 is 0. The Labute approximate surface area is 100 Å². The number of rotatable bonds is 1. The SMILES string of the molecule is F[B-](F)(F)C1CC12CC2.[K+]. The van der Waals surface area contributed by atoms with E-state index >= 15 is 0 Å². The second-order valence-corrected chi connectivity index (χ2v) is 3.30. The zero-order chi connectivity index (χ0) is 6.70. The molecule has 0 aromatic rings. The van der Waals surface area contributed by atoms with Crippen LogP contribution in [-0.4, -0.2) is 6.98 Å². The van der Waals surface area contributed by atoms with Crippen LogP contribution in [-0.2, 0) is 0 Å². The minimum absolute atomic E-state index is 0. The minimum atomic E-state index is -4.48. The van der Waals surface area contributed by atoms with Gasteiger partial charge in [-0.15, -0.1) is 0 Å². The quantitative estimate of drug-likeness (QED) is 0.465. The molecular formula is C5H7BF3K. The molecule has 0 aromatic heterocycles. The van der Waals surface area contributed by atoms with Crippen molar-refractivity contribution in [3.8, 4) is 0 Å². The maximum Gasteiger partial charge on any atom is 1.00 e. The summed E-state index contributed by atoms with van der Waals surface area (Å²) in [7, 11) is 0. The molecular weight excluding hydrogens is 167 g/mol. The molecule has 2 aliphatic carbocycles. The molecule has 1 atom stereocenters. The van der Waals surface area contributed by atoms with Gasteiger partial charge in [-0.3, -0.25) is 0 Å². The van der Waals surface area contributed by atoms with Crippen LogP contribution in [0.4, 0.5) is 12.9 Å². The zero-order valence-electron chi connectivity index (χ0n) is 5.91. The smallest absolute Gasteiger partial charge is 0.449 e. The number of hydrogen-bond donors (Lipinski definition) is 0. The molecule has 5 heteroatoms. The normalized spacial score (nSPS) is 33.3. The fourth-order valence-corrected chi connectivity index (χ4v) is 1.65. The predicted octanol–water partition coefficient (Wildman–Crippen LogP) is -0.608. The van der Waals surface area contributed by atoms with Gasteiger partial charge in [0, 0.05) is 0 Å². The van der Waals surface area contributed by atoms with Gasteiger partial charge in [0.1, 0.15) is 0 Å². The third-order valence-electron chi connectivity index (χ3n) is 2.60. The van der Waals surface area contributed by atoms with E-state index in [1.165, 1.54) is 0 Å². The van der Waals surface area contributed by atoms with Crippen LogP contribution in [0.2, 0.25) is 5.82 Å². The van der Waals surface area contributed by atoms with E-state index in [9.17, 15) is 12.9 Å². The van der Waals surface area contributed by atoms with Gasteiger partial charge < -0.3 is 12.9 Å². The summed E-state index contributed by atoms with van der Waals surface area (Å²) in [6, 6.07) is 0. The first kappa shape index (κ1) is 9.58. The molecule has 0 aliphatic heterocycles. The number of halogens is 3. The van der Waals surface area contributed by atoms with Crippen LogP contribution in [0.25, 0.3) is 0 Å². The van der Waals surface area contributed by atoms with Gasteiger partial charge in [0.25, 0.3) is 0 Å². The van der Waals surface area contributed by atoms with E-state index in [4.69, 9.17) is 0 Å². The molecule has 0 aromatic carbocycles. The fraction of sp³-hybridized carbons (Fsp3) is 1.00. The Bertz CT molecular complexity index is 151. The van der Waals surface area contributed by atoms with Gasteiger partial charge in [-0.25, -0.2) is 0 Å². The van der Waals surface area contributed by atoms with Crippen molar-refractivity contribution in [2.45, 2.75) is 25.1 Å². The largest absolute Gasteiger partial charge is 1.00 e. The maximum atomic E-state index is 11.8. The van der Waals surface area contributed by atoms with Crippen LogP contribution < -0.4 is 51.4 Å². The average Bonchev–Trinajstić information content (AvgIpc) is 2.46. The van der Waals surface area contributed by atoms with Crippen molar-refractivity contribution in [3.63, 3.8) is 0 Å². The van der Waals surface area contributed by atoms with E-state index < -0.39 is 12.8 Å². The van der Waals surface area contributed by atoms with Gasteiger partial charge in [0.2, 0.25) is 0 Å². The average molecular weight is 174 g/mol. The molecule has 2 aliphatic rings. The predicted molar refractivity (Wildman–Crippen MR) is 29.1 cm³/mol. The molecule has 1 spiro atoms. The van der Waals surface area contributed by atoms with Crippen molar-refractivity contribution in [1.82, 2.24) is 0 Å². The summed E-state index contributed by atoms with van der Waals surface area (Å²) in [5, 5.41) is 0. The number of hydrogen-bond acceptors (Lipinski definition) is 0. The summed E-state index contributed by atoms with van der Waals surface area (Å²) in [6.45, 7) is -4.48. The first-order chi connectivity index (χ1) is 4.05. The van der Waals surface area contributed by atoms with Crippen LogP contribution >= 0.6 is 0 Å². The topological polar surface area (TPSA) is 0 Å². The Kier molecular flexibility index (Phi) is 2.38. The Balaban J connectivity index is 0.000000500. The van der Waals surface area contributed by atoms with Gasteiger partial charge in [-0.1, -0.05) is 17.7 Å². The second kappa shape index (κ2) is 2.49. The van der Waals surface area contributed by atoms with E-state index in [-0.39, 0.29) is 56.8 Å². The molecule has 2 rings (SSSR count). The summed E-state index contributed by atoms with van der Waals surface area (Å²) in [4.78, 5) is 0. The molecule has 2 saturated carbocycles. The van der Waals surface area contributed by atoms with Crippen molar-refractivity contribution >= 4 is 6.98 Å². The molecule has 0 nitrogen and oxygen atoms in total. The van der Waals surface area contributed by atoms with Crippen LogP contribution in [0.1, 0.15) is 19.3 Å². The van der Waals surface area contributed by atoms with Gasteiger partial charge >= 0.3 is 58.4 Å². The van der Waals surface area contributed by atoms with Crippen molar-refractivity contribution in [2.75, 3.05) is 0 Å². The zero-order valence-corrected chi connectivity index (χ0v) is 9.03. The Morgan fingerprint density at radius 3 is 1.80 bits per heavy atom. The van der Waals surface area contributed by atoms with E-state index in [0.29, 0.717) is 6.42 Å². The molecule has 1 unspecified atom stereocenters. The van der Waals surface area contributed by atoms with Gasteiger partial charge in [-0.2, -0.15) is 0 Å².